The van der Waals surface area contributed by atoms with Gasteiger partial charge in [-0.2, -0.15) is 0 Å². The number of nitrogens with one attached hydrogen (secondary N) is 2. The van der Waals surface area contributed by atoms with E-state index in [9.17, 15) is 14.0 Å². The highest BCUT2D eigenvalue weighted by atomic mass is 19.1. The first kappa shape index (κ1) is 19.1. The predicted octanol–water partition coefficient (Wildman–Crippen LogP) is 4.13. The molecule has 2 amide bonds. The average Bonchev–Trinajstić information content (AvgIpc) is 3.37. The molecule has 0 aliphatic heterocycles. The number of rotatable bonds is 6. The normalized spacial score (nSPS) is 18.7. The molecule has 142 valence electrons. The smallest absolute Gasteiger partial charge is 0.251 e. The van der Waals surface area contributed by atoms with E-state index in [-0.39, 0.29) is 23.5 Å². The molecule has 1 aliphatic rings. The maximum absolute atomic E-state index is 14.0. The van der Waals surface area contributed by atoms with E-state index in [0.717, 1.165) is 6.42 Å². The van der Waals surface area contributed by atoms with Gasteiger partial charge in [0.25, 0.3) is 5.91 Å². The molecule has 1 aliphatic carbocycles. The standard InChI is InChI=1S/C22H25FN2O2/c1-14-12-17(14)21(27)25-16-10-8-15(9-11-16)20(26)24-13-22(2,3)18-6-4-5-7-19(18)23/h4-11,14,17H,12-13H2,1-3H3,(H,24,26)(H,25,27). The maximum atomic E-state index is 14.0. The van der Waals surface area contributed by atoms with Gasteiger partial charge < -0.3 is 10.6 Å². The Hall–Kier alpha value is -2.69. The molecule has 5 heteroatoms. The van der Waals surface area contributed by atoms with Crippen LogP contribution in [-0.4, -0.2) is 18.4 Å². The Morgan fingerprint density at radius 1 is 1.11 bits per heavy atom. The minimum absolute atomic E-state index is 0.0336. The highest BCUT2D eigenvalue weighted by molar-refractivity contribution is 5.97. The molecule has 4 nitrogen and oxygen atoms in total. The Bertz CT molecular complexity index is 846. The number of carbonyl (C=O) groups is 2. The van der Waals surface area contributed by atoms with Crippen LogP contribution in [0.3, 0.4) is 0 Å². The fourth-order valence-electron chi connectivity index (χ4n) is 3.14. The summed E-state index contributed by atoms with van der Waals surface area (Å²) >= 11 is 0. The summed E-state index contributed by atoms with van der Waals surface area (Å²) in [6.45, 7) is 6.15. The van der Waals surface area contributed by atoms with E-state index in [2.05, 4.69) is 17.6 Å². The second-order valence-corrected chi connectivity index (χ2v) is 7.93. The molecule has 0 radical (unpaired) electrons. The van der Waals surface area contributed by atoms with Gasteiger partial charge in [0.2, 0.25) is 5.91 Å². The van der Waals surface area contributed by atoms with E-state index in [1.807, 2.05) is 13.8 Å². The molecule has 2 atom stereocenters. The summed E-state index contributed by atoms with van der Waals surface area (Å²) in [6, 6.07) is 13.4. The Kier molecular flexibility index (Phi) is 5.31. The van der Waals surface area contributed by atoms with E-state index in [4.69, 9.17) is 0 Å². The zero-order valence-electron chi connectivity index (χ0n) is 15.9. The van der Waals surface area contributed by atoms with Gasteiger partial charge in [0, 0.05) is 29.1 Å². The van der Waals surface area contributed by atoms with Crippen LogP contribution in [-0.2, 0) is 10.2 Å². The third kappa shape index (κ3) is 4.54. The molecule has 2 unspecified atom stereocenters. The second-order valence-electron chi connectivity index (χ2n) is 7.93. The molecule has 2 aromatic rings. The highest BCUT2D eigenvalue weighted by Gasteiger charge is 2.39. The van der Waals surface area contributed by atoms with Crippen LogP contribution in [0.4, 0.5) is 10.1 Å². The number of anilines is 1. The zero-order valence-corrected chi connectivity index (χ0v) is 15.9. The number of benzene rings is 2. The van der Waals surface area contributed by atoms with Crippen molar-refractivity contribution in [1.82, 2.24) is 5.32 Å². The molecule has 1 saturated carbocycles. The first-order chi connectivity index (χ1) is 12.8. The second kappa shape index (κ2) is 7.51. The lowest BCUT2D eigenvalue weighted by Gasteiger charge is -2.26. The van der Waals surface area contributed by atoms with Gasteiger partial charge in [-0.25, -0.2) is 4.39 Å². The van der Waals surface area contributed by atoms with Crippen molar-refractivity contribution < 1.29 is 14.0 Å². The average molecular weight is 368 g/mol. The molecule has 0 spiro atoms. The third-order valence-corrected chi connectivity index (χ3v) is 5.15. The lowest BCUT2D eigenvalue weighted by atomic mass is 9.84. The van der Waals surface area contributed by atoms with Gasteiger partial charge in [0.1, 0.15) is 5.82 Å². The van der Waals surface area contributed by atoms with Crippen LogP contribution < -0.4 is 10.6 Å². The summed E-state index contributed by atoms with van der Waals surface area (Å²) in [6.07, 6.45) is 0.935. The molecule has 3 rings (SSSR count). The predicted molar refractivity (Wildman–Crippen MR) is 104 cm³/mol. The van der Waals surface area contributed by atoms with Gasteiger partial charge in [0.05, 0.1) is 0 Å². The number of hydrogen-bond donors (Lipinski definition) is 2. The fourth-order valence-corrected chi connectivity index (χ4v) is 3.14. The fraction of sp³-hybridized carbons (Fsp3) is 0.364. The molecule has 0 heterocycles. The molecule has 0 bridgehead atoms. The van der Waals surface area contributed by atoms with Crippen LogP contribution in [0.25, 0.3) is 0 Å². The van der Waals surface area contributed by atoms with E-state index >= 15 is 0 Å². The lowest BCUT2D eigenvalue weighted by molar-refractivity contribution is -0.117. The molecular formula is C22H25FN2O2. The van der Waals surface area contributed by atoms with E-state index < -0.39 is 5.41 Å². The van der Waals surface area contributed by atoms with Crippen molar-refractivity contribution in [2.75, 3.05) is 11.9 Å². The summed E-state index contributed by atoms with van der Waals surface area (Å²) in [4.78, 5) is 24.4. The van der Waals surface area contributed by atoms with Gasteiger partial charge in [-0.1, -0.05) is 39.0 Å². The first-order valence-electron chi connectivity index (χ1n) is 9.22. The SMILES string of the molecule is CC1CC1C(=O)Nc1ccc(C(=O)NCC(C)(C)c2ccccc2F)cc1. The van der Waals surface area contributed by atoms with Crippen molar-refractivity contribution in [3.63, 3.8) is 0 Å². The number of hydrogen-bond acceptors (Lipinski definition) is 2. The topological polar surface area (TPSA) is 58.2 Å². The van der Waals surface area contributed by atoms with E-state index in [1.54, 1.807) is 42.5 Å². The Labute approximate surface area is 159 Å². The maximum Gasteiger partial charge on any atom is 0.251 e. The van der Waals surface area contributed by atoms with E-state index in [0.29, 0.717) is 29.3 Å². The Balaban J connectivity index is 1.58. The lowest BCUT2D eigenvalue weighted by Crippen LogP contribution is -2.37. The summed E-state index contributed by atoms with van der Waals surface area (Å²) in [5, 5.41) is 5.74. The molecule has 0 saturated heterocycles. The van der Waals surface area contributed by atoms with Gasteiger partial charge in [-0.3, -0.25) is 9.59 Å². The number of halogens is 1. The van der Waals surface area contributed by atoms with Crippen LogP contribution >= 0.6 is 0 Å². The van der Waals surface area contributed by atoms with Crippen LogP contribution in [0.5, 0.6) is 0 Å². The Morgan fingerprint density at radius 2 is 1.74 bits per heavy atom. The summed E-state index contributed by atoms with van der Waals surface area (Å²) in [7, 11) is 0. The minimum atomic E-state index is -0.532. The van der Waals surface area contributed by atoms with Gasteiger partial charge in [-0.15, -0.1) is 0 Å². The minimum Gasteiger partial charge on any atom is -0.351 e. The molecule has 0 aromatic heterocycles. The van der Waals surface area contributed by atoms with Crippen molar-refractivity contribution >= 4 is 17.5 Å². The van der Waals surface area contributed by atoms with Gasteiger partial charge in [0.15, 0.2) is 0 Å². The highest BCUT2D eigenvalue weighted by Crippen LogP contribution is 2.38. The van der Waals surface area contributed by atoms with Crippen molar-refractivity contribution in [3.05, 3.63) is 65.5 Å². The molecule has 27 heavy (non-hydrogen) atoms. The monoisotopic (exact) mass is 368 g/mol. The van der Waals surface area contributed by atoms with Crippen LogP contribution in [0.2, 0.25) is 0 Å². The number of amides is 2. The van der Waals surface area contributed by atoms with Crippen LogP contribution in [0, 0.1) is 17.7 Å². The van der Waals surface area contributed by atoms with Crippen molar-refractivity contribution in [3.8, 4) is 0 Å². The summed E-state index contributed by atoms with van der Waals surface area (Å²) in [5.74, 6) is 0.0858. The van der Waals surface area contributed by atoms with Crippen molar-refractivity contribution in [1.29, 1.82) is 0 Å². The molecule has 2 aromatic carbocycles. The molecule has 2 N–H and O–H groups in total. The molecule has 1 fully saturated rings. The quantitative estimate of drug-likeness (QED) is 0.805. The third-order valence-electron chi connectivity index (χ3n) is 5.15. The largest absolute Gasteiger partial charge is 0.351 e. The van der Waals surface area contributed by atoms with Crippen LogP contribution in [0.15, 0.2) is 48.5 Å². The van der Waals surface area contributed by atoms with Gasteiger partial charge >= 0.3 is 0 Å². The summed E-state index contributed by atoms with van der Waals surface area (Å²) < 4.78 is 14.0. The zero-order chi connectivity index (χ0) is 19.6. The Morgan fingerprint density at radius 3 is 2.33 bits per heavy atom. The van der Waals surface area contributed by atoms with Crippen molar-refractivity contribution in [2.24, 2.45) is 11.8 Å². The van der Waals surface area contributed by atoms with Crippen LogP contribution in [0.1, 0.15) is 43.1 Å². The molecular weight excluding hydrogens is 343 g/mol. The van der Waals surface area contributed by atoms with Crippen molar-refractivity contribution in [2.45, 2.75) is 32.6 Å². The number of carbonyl (C=O) groups excluding carboxylic acids is 2. The van der Waals surface area contributed by atoms with E-state index in [1.165, 1.54) is 6.07 Å². The summed E-state index contributed by atoms with van der Waals surface area (Å²) in [5.41, 5.74) is 1.22. The van der Waals surface area contributed by atoms with Gasteiger partial charge in [-0.05, 0) is 48.2 Å². The first-order valence-corrected chi connectivity index (χ1v) is 9.22.